The summed E-state index contributed by atoms with van der Waals surface area (Å²) in [5.74, 6) is 0. The van der Waals surface area contributed by atoms with Crippen molar-refractivity contribution in [1.29, 1.82) is 0 Å². The summed E-state index contributed by atoms with van der Waals surface area (Å²) in [5.41, 5.74) is 2.72. The van der Waals surface area contributed by atoms with E-state index in [9.17, 15) is 4.79 Å². The second-order valence-electron chi connectivity index (χ2n) is 4.77. The van der Waals surface area contributed by atoms with Crippen molar-refractivity contribution >= 4 is 43.9 Å². The summed E-state index contributed by atoms with van der Waals surface area (Å²) in [6.45, 7) is 4.29. The number of aryl methyl sites for hydroxylation is 2. The van der Waals surface area contributed by atoms with Crippen molar-refractivity contribution in [1.82, 2.24) is 0 Å². The first-order valence-corrected chi connectivity index (χ1v) is 7.53. The molecule has 1 aromatic heterocycles. The van der Waals surface area contributed by atoms with Gasteiger partial charge in [0.05, 0.1) is 0 Å². The topological polar surface area (TPSA) is 17.1 Å². The molecular formula is C17H17ClOS. The molecule has 0 bridgehead atoms. The molecule has 0 spiro atoms. The lowest BCUT2D eigenvalue weighted by molar-refractivity contribution is 1.10. The molecular weight excluding hydrogens is 288 g/mol. The van der Waals surface area contributed by atoms with Crippen LogP contribution in [0.3, 0.4) is 0 Å². The number of hydrogen-bond donors (Lipinski definition) is 0. The Bertz CT molecular complexity index is 820. The zero-order valence-electron chi connectivity index (χ0n) is 11.6. The van der Waals surface area contributed by atoms with Crippen LogP contribution >= 0.6 is 23.7 Å². The Morgan fingerprint density at radius 3 is 2.45 bits per heavy atom. The van der Waals surface area contributed by atoms with Crippen molar-refractivity contribution in [2.24, 2.45) is 0 Å². The maximum absolute atomic E-state index is 12.6. The van der Waals surface area contributed by atoms with Gasteiger partial charge in [0, 0.05) is 20.2 Å². The van der Waals surface area contributed by atoms with Gasteiger partial charge in [0.15, 0.2) is 5.43 Å². The molecule has 2 aromatic carbocycles. The molecule has 0 saturated heterocycles. The maximum atomic E-state index is 12.6. The van der Waals surface area contributed by atoms with Crippen molar-refractivity contribution in [3.8, 4) is 0 Å². The molecule has 0 N–H and O–H groups in total. The van der Waals surface area contributed by atoms with Crippen LogP contribution in [-0.4, -0.2) is 0 Å². The molecule has 0 saturated carbocycles. The standard InChI is InChI=1S/C17H16OS.ClH/c1-3-11-9-12(4-2)17-14(10-11)16(18)13-7-5-6-8-15(13)19-17;/h5-10H,3-4H2,1-2H3;1H. The number of halogens is 1. The fourth-order valence-electron chi connectivity index (χ4n) is 2.51. The van der Waals surface area contributed by atoms with E-state index < -0.39 is 0 Å². The normalized spacial score (nSPS) is 10.7. The minimum absolute atomic E-state index is 0. The summed E-state index contributed by atoms with van der Waals surface area (Å²) < 4.78 is 2.24. The van der Waals surface area contributed by atoms with E-state index in [2.05, 4.69) is 26.0 Å². The van der Waals surface area contributed by atoms with Crippen LogP contribution in [0.1, 0.15) is 25.0 Å². The van der Waals surface area contributed by atoms with Gasteiger partial charge < -0.3 is 0 Å². The summed E-state index contributed by atoms with van der Waals surface area (Å²) >= 11 is 1.74. The fourth-order valence-corrected chi connectivity index (χ4v) is 3.74. The van der Waals surface area contributed by atoms with Crippen LogP contribution in [0.4, 0.5) is 0 Å². The largest absolute Gasteiger partial charge is 0.289 e. The second kappa shape index (κ2) is 5.94. The lowest BCUT2D eigenvalue weighted by atomic mass is 10.0. The molecule has 0 amide bonds. The van der Waals surface area contributed by atoms with Crippen LogP contribution in [0.25, 0.3) is 20.2 Å². The molecule has 0 aliphatic rings. The predicted molar refractivity (Wildman–Crippen MR) is 91.6 cm³/mol. The van der Waals surface area contributed by atoms with Gasteiger partial charge in [-0.2, -0.15) is 0 Å². The molecule has 3 aromatic rings. The van der Waals surface area contributed by atoms with Gasteiger partial charge in [0.2, 0.25) is 0 Å². The van der Waals surface area contributed by atoms with Crippen molar-refractivity contribution < 1.29 is 0 Å². The molecule has 104 valence electrons. The molecule has 20 heavy (non-hydrogen) atoms. The van der Waals surface area contributed by atoms with Gasteiger partial charge in [0.25, 0.3) is 0 Å². The molecule has 0 unspecified atom stereocenters. The van der Waals surface area contributed by atoms with Crippen LogP contribution in [0, 0.1) is 0 Å². The first-order chi connectivity index (χ1) is 9.24. The van der Waals surface area contributed by atoms with E-state index in [1.807, 2.05) is 24.3 Å². The quantitative estimate of drug-likeness (QED) is 0.611. The van der Waals surface area contributed by atoms with Crippen LogP contribution < -0.4 is 5.43 Å². The van der Waals surface area contributed by atoms with Crippen molar-refractivity contribution in [2.45, 2.75) is 26.7 Å². The van der Waals surface area contributed by atoms with Crippen LogP contribution in [-0.2, 0) is 12.8 Å². The Hall–Kier alpha value is -1.38. The molecule has 0 radical (unpaired) electrons. The van der Waals surface area contributed by atoms with E-state index >= 15 is 0 Å². The Morgan fingerprint density at radius 1 is 1.00 bits per heavy atom. The third-order valence-electron chi connectivity index (χ3n) is 3.60. The van der Waals surface area contributed by atoms with Crippen LogP contribution in [0.15, 0.2) is 41.2 Å². The highest BCUT2D eigenvalue weighted by molar-refractivity contribution is 7.24. The highest BCUT2D eigenvalue weighted by Crippen LogP contribution is 2.29. The lowest BCUT2D eigenvalue weighted by Crippen LogP contribution is -2.03. The fraction of sp³-hybridized carbons (Fsp3) is 0.235. The van der Waals surface area contributed by atoms with E-state index in [0.29, 0.717) is 0 Å². The predicted octanol–water partition coefficient (Wildman–Crippen LogP) is 4.96. The van der Waals surface area contributed by atoms with E-state index in [1.54, 1.807) is 11.3 Å². The number of rotatable bonds is 2. The lowest BCUT2D eigenvalue weighted by Gasteiger charge is -2.08. The minimum atomic E-state index is 0. The number of fused-ring (bicyclic) bond motifs is 2. The van der Waals surface area contributed by atoms with Gasteiger partial charge in [0.1, 0.15) is 0 Å². The Labute approximate surface area is 128 Å². The Kier molecular flexibility index (Phi) is 4.46. The first kappa shape index (κ1) is 15.0. The number of benzene rings is 2. The van der Waals surface area contributed by atoms with E-state index in [4.69, 9.17) is 0 Å². The van der Waals surface area contributed by atoms with Crippen molar-refractivity contribution in [3.63, 3.8) is 0 Å². The molecule has 1 nitrogen and oxygen atoms in total. The Balaban J connectivity index is 0.00000147. The molecule has 0 atom stereocenters. The molecule has 0 aliphatic heterocycles. The molecule has 0 fully saturated rings. The third-order valence-corrected chi connectivity index (χ3v) is 4.87. The van der Waals surface area contributed by atoms with Crippen LogP contribution in [0.2, 0.25) is 0 Å². The zero-order chi connectivity index (χ0) is 13.4. The summed E-state index contributed by atoms with van der Waals surface area (Å²) in [6, 6.07) is 12.2. The molecule has 3 heteroatoms. The van der Waals surface area contributed by atoms with Gasteiger partial charge in [-0.05, 0) is 42.2 Å². The average Bonchev–Trinajstić information content (AvgIpc) is 2.47. The highest BCUT2D eigenvalue weighted by atomic mass is 35.5. The molecule has 1 heterocycles. The first-order valence-electron chi connectivity index (χ1n) is 6.72. The van der Waals surface area contributed by atoms with Gasteiger partial charge >= 0.3 is 0 Å². The summed E-state index contributed by atoms with van der Waals surface area (Å²) in [6.07, 6.45) is 1.94. The SMILES string of the molecule is CCc1cc(CC)c2sc3ccccc3c(=O)c2c1.Cl. The monoisotopic (exact) mass is 304 g/mol. The van der Waals surface area contributed by atoms with Crippen molar-refractivity contribution in [2.75, 3.05) is 0 Å². The van der Waals surface area contributed by atoms with Gasteiger partial charge in [-0.3, -0.25) is 4.79 Å². The van der Waals surface area contributed by atoms with Crippen LogP contribution in [0.5, 0.6) is 0 Å². The molecule has 0 aliphatic carbocycles. The molecule has 3 rings (SSSR count). The number of hydrogen-bond acceptors (Lipinski definition) is 2. The zero-order valence-corrected chi connectivity index (χ0v) is 13.2. The van der Waals surface area contributed by atoms with E-state index in [1.165, 1.54) is 11.1 Å². The minimum Gasteiger partial charge on any atom is -0.289 e. The second-order valence-corrected chi connectivity index (χ2v) is 5.82. The van der Waals surface area contributed by atoms with Crippen molar-refractivity contribution in [3.05, 3.63) is 57.7 Å². The van der Waals surface area contributed by atoms with Gasteiger partial charge in [-0.15, -0.1) is 23.7 Å². The summed E-state index contributed by atoms with van der Waals surface area (Å²) in [5, 5.41) is 1.73. The average molecular weight is 305 g/mol. The van der Waals surface area contributed by atoms with Gasteiger partial charge in [-0.1, -0.05) is 32.0 Å². The highest BCUT2D eigenvalue weighted by Gasteiger charge is 2.09. The van der Waals surface area contributed by atoms with E-state index in [0.717, 1.165) is 33.0 Å². The third kappa shape index (κ3) is 2.34. The smallest absolute Gasteiger partial charge is 0.195 e. The summed E-state index contributed by atoms with van der Waals surface area (Å²) in [4.78, 5) is 12.6. The van der Waals surface area contributed by atoms with Gasteiger partial charge in [-0.25, -0.2) is 0 Å². The maximum Gasteiger partial charge on any atom is 0.195 e. The van der Waals surface area contributed by atoms with E-state index in [-0.39, 0.29) is 17.8 Å². The summed E-state index contributed by atoms with van der Waals surface area (Å²) in [7, 11) is 0. The Morgan fingerprint density at radius 2 is 1.75 bits per heavy atom.